The first-order valence-corrected chi connectivity index (χ1v) is 8.54. The second-order valence-corrected chi connectivity index (χ2v) is 6.61. The van der Waals surface area contributed by atoms with Crippen LogP contribution in [0.4, 0.5) is 5.95 Å². The summed E-state index contributed by atoms with van der Waals surface area (Å²) in [6, 6.07) is 6.79. The summed E-state index contributed by atoms with van der Waals surface area (Å²) in [5, 5.41) is 0. The molecule has 1 fully saturated rings. The Bertz CT molecular complexity index is 711. The van der Waals surface area contributed by atoms with Crippen LogP contribution in [0.5, 0.6) is 11.5 Å². The molecule has 3 heterocycles. The van der Waals surface area contributed by atoms with Gasteiger partial charge in [-0.05, 0) is 42.2 Å². The molecule has 0 N–H and O–H groups in total. The van der Waals surface area contributed by atoms with Gasteiger partial charge >= 0.3 is 0 Å². The van der Waals surface area contributed by atoms with Crippen LogP contribution in [0.3, 0.4) is 0 Å². The second kappa shape index (κ2) is 5.63. The van der Waals surface area contributed by atoms with E-state index in [2.05, 4.69) is 31.9 Å². The maximum Gasteiger partial charge on any atom is 0.231 e. The molecule has 1 aromatic heterocycles. The first kappa shape index (κ1) is 14.0. The Morgan fingerprint density at radius 2 is 1.50 bits per heavy atom. The first-order valence-electron chi connectivity index (χ1n) is 8.54. The van der Waals surface area contributed by atoms with Crippen molar-refractivity contribution in [2.75, 3.05) is 37.9 Å². The zero-order valence-corrected chi connectivity index (χ0v) is 13.5. The van der Waals surface area contributed by atoms with Gasteiger partial charge in [0.15, 0.2) is 11.5 Å². The van der Waals surface area contributed by atoms with E-state index in [-0.39, 0.29) is 0 Å². The van der Waals surface area contributed by atoms with Crippen LogP contribution in [-0.4, -0.2) is 53.9 Å². The van der Waals surface area contributed by atoms with E-state index in [0.717, 1.165) is 56.5 Å². The SMILES string of the molecule is c1cnc(N2CCN(C3Cc4cc5c(cc4C3)OCO5)CC2)nc1. The van der Waals surface area contributed by atoms with Crippen molar-refractivity contribution in [2.24, 2.45) is 0 Å². The molecule has 0 amide bonds. The van der Waals surface area contributed by atoms with Crippen LogP contribution in [0.1, 0.15) is 11.1 Å². The number of anilines is 1. The Hall–Kier alpha value is -2.34. The van der Waals surface area contributed by atoms with Gasteiger partial charge < -0.3 is 14.4 Å². The molecule has 0 bridgehead atoms. The molecule has 6 nitrogen and oxygen atoms in total. The van der Waals surface area contributed by atoms with Crippen molar-refractivity contribution in [3.05, 3.63) is 41.7 Å². The number of fused-ring (bicyclic) bond motifs is 2. The van der Waals surface area contributed by atoms with Crippen LogP contribution < -0.4 is 14.4 Å². The monoisotopic (exact) mass is 324 g/mol. The molecule has 124 valence electrons. The largest absolute Gasteiger partial charge is 0.454 e. The van der Waals surface area contributed by atoms with E-state index in [9.17, 15) is 0 Å². The van der Waals surface area contributed by atoms with E-state index < -0.39 is 0 Å². The summed E-state index contributed by atoms with van der Waals surface area (Å²) in [5.74, 6) is 2.65. The molecule has 0 saturated carbocycles. The van der Waals surface area contributed by atoms with Gasteiger partial charge in [0.25, 0.3) is 0 Å². The van der Waals surface area contributed by atoms with Gasteiger partial charge in [-0.1, -0.05) is 0 Å². The summed E-state index contributed by atoms with van der Waals surface area (Å²) < 4.78 is 11.0. The minimum absolute atomic E-state index is 0.352. The van der Waals surface area contributed by atoms with Gasteiger partial charge in [-0.3, -0.25) is 4.90 Å². The molecule has 0 spiro atoms. The van der Waals surface area contributed by atoms with E-state index >= 15 is 0 Å². The summed E-state index contributed by atoms with van der Waals surface area (Å²) in [5.41, 5.74) is 2.83. The topological polar surface area (TPSA) is 50.7 Å². The Morgan fingerprint density at radius 1 is 0.875 bits per heavy atom. The Balaban J connectivity index is 1.25. The molecule has 2 aromatic rings. The van der Waals surface area contributed by atoms with Crippen LogP contribution in [0.15, 0.2) is 30.6 Å². The van der Waals surface area contributed by atoms with Gasteiger partial charge in [0.05, 0.1) is 0 Å². The van der Waals surface area contributed by atoms with Crippen molar-refractivity contribution < 1.29 is 9.47 Å². The van der Waals surface area contributed by atoms with Crippen molar-refractivity contribution in [3.63, 3.8) is 0 Å². The Morgan fingerprint density at radius 3 is 2.12 bits per heavy atom. The lowest BCUT2D eigenvalue weighted by molar-refractivity contribution is 0.173. The molecular formula is C18H20N4O2. The minimum atomic E-state index is 0.352. The number of hydrogen-bond donors (Lipinski definition) is 0. The van der Waals surface area contributed by atoms with Crippen LogP contribution in [-0.2, 0) is 12.8 Å². The predicted molar refractivity (Wildman–Crippen MR) is 89.6 cm³/mol. The van der Waals surface area contributed by atoms with E-state index in [1.807, 2.05) is 18.5 Å². The van der Waals surface area contributed by atoms with Gasteiger partial charge in [-0.25, -0.2) is 9.97 Å². The summed E-state index contributed by atoms with van der Waals surface area (Å²) >= 11 is 0. The lowest BCUT2D eigenvalue weighted by atomic mass is 10.1. The summed E-state index contributed by atoms with van der Waals surface area (Å²) in [6.07, 6.45) is 5.83. The predicted octanol–water partition coefficient (Wildman–Crippen LogP) is 1.49. The molecule has 1 saturated heterocycles. The van der Waals surface area contributed by atoms with E-state index in [4.69, 9.17) is 9.47 Å². The normalized spacial score (nSPS) is 20.4. The number of hydrogen-bond acceptors (Lipinski definition) is 6. The highest BCUT2D eigenvalue weighted by Crippen LogP contribution is 2.39. The molecule has 5 rings (SSSR count). The van der Waals surface area contributed by atoms with Gasteiger partial charge in [0.1, 0.15) is 0 Å². The molecule has 1 aromatic carbocycles. The van der Waals surface area contributed by atoms with Crippen LogP contribution in [0, 0.1) is 0 Å². The van der Waals surface area contributed by atoms with E-state index in [1.165, 1.54) is 11.1 Å². The molecule has 3 aliphatic rings. The molecule has 2 aliphatic heterocycles. The molecule has 1 aliphatic carbocycles. The summed E-state index contributed by atoms with van der Waals surface area (Å²) in [6.45, 7) is 4.44. The molecule has 6 heteroatoms. The van der Waals surface area contributed by atoms with Gasteiger partial charge in [0.2, 0.25) is 12.7 Å². The lowest BCUT2D eigenvalue weighted by Crippen LogP contribution is -2.51. The van der Waals surface area contributed by atoms with Crippen molar-refractivity contribution in [3.8, 4) is 11.5 Å². The molecule has 24 heavy (non-hydrogen) atoms. The van der Waals surface area contributed by atoms with Crippen LogP contribution in [0.25, 0.3) is 0 Å². The number of nitrogens with zero attached hydrogens (tertiary/aromatic N) is 4. The van der Waals surface area contributed by atoms with Gasteiger partial charge in [-0.2, -0.15) is 0 Å². The molecule has 0 atom stereocenters. The smallest absolute Gasteiger partial charge is 0.231 e. The third kappa shape index (κ3) is 2.38. The number of benzene rings is 1. The lowest BCUT2D eigenvalue weighted by Gasteiger charge is -2.38. The average molecular weight is 324 g/mol. The van der Waals surface area contributed by atoms with Crippen LogP contribution >= 0.6 is 0 Å². The number of aromatic nitrogens is 2. The zero-order chi connectivity index (χ0) is 15.9. The standard InChI is InChI=1S/C18H20N4O2/c1-2-19-18(20-3-1)22-6-4-21(5-7-22)15-8-13-10-16-17(24-12-23-16)11-14(13)9-15/h1-3,10-11,15H,4-9,12H2. The van der Waals surface area contributed by atoms with E-state index in [0.29, 0.717) is 12.8 Å². The second-order valence-electron chi connectivity index (χ2n) is 6.61. The van der Waals surface area contributed by atoms with Crippen molar-refractivity contribution >= 4 is 5.95 Å². The van der Waals surface area contributed by atoms with Crippen LogP contribution in [0.2, 0.25) is 0 Å². The van der Waals surface area contributed by atoms with Crippen molar-refractivity contribution in [1.29, 1.82) is 0 Å². The number of ether oxygens (including phenoxy) is 2. The minimum Gasteiger partial charge on any atom is -0.454 e. The number of rotatable bonds is 2. The fraction of sp³-hybridized carbons (Fsp3) is 0.444. The first-order chi connectivity index (χ1) is 11.9. The highest BCUT2D eigenvalue weighted by molar-refractivity contribution is 5.51. The third-order valence-corrected chi connectivity index (χ3v) is 5.27. The van der Waals surface area contributed by atoms with Crippen molar-refractivity contribution in [1.82, 2.24) is 14.9 Å². The summed E-state index contributed by atoms with van der Waals surface area (Å²) in [7, 11) is 0. The van der Waals surface area contributed by atoms with Gasteiger partial charge in [0, 0.05) is 44.6 Å². The quantitative estimate of drug-likeness (QED) is 0.834. The molecule has 0 unspecified atom stereocenters. The highest BCUT2D eigenvalue weighted by Gasteiger charge is 2.31. The maximum atomic E-state index is 5.51. The fourth-order valence-corrected chi connectivity index (χ4v) is 3.99. The Labute approximate surface area is 141 Å². The fourth-order valence-electron chi connectivity index (χ4n) is 3.99. The maximum absolute atomic E-state index is 5.51. The summed E-state index contributed by atoms with van der Waals surface area (Å²) in [4.78, 5) is 13.6. The Kier molecular flexibility index (Phi) is 3.29. The van der Waals surface area contributed by atoms with Gasteiger partial charge in [-0.15, -0.1) is 0 Å². The number of piperazine rings is 1. The van der Waals surface area contributed by atoms with E-state index in [1.54, 1.807) is 0 Å². The molecular weight excluding hydrogens is 304 g/mol. The zero-order valence-electron chi connectivity index (χ0n) is 13.5. The average Bonchev–Trinajstić information content (AvgIpc) is 3.26. The van der Waals surface area contributed by atoms with Crippen molar-refractivity contribution in [2.45, 2.75) is 18.9 Å². The highest BCUT2D eigenvalue weighted by atomic mass is 16.7. The third-order valence-electron chi connectivity index (χ3n) is 5.27. The molecule has 0 radical (unpaired) electrons.